The molecule has 0 amide bonds. The van der Waals surface area contributed by atoms with Crippen molar-refractivity contribution >= 4 is 22.8 Å². The van der Waals surface area contributed by atoms with Gasteiger partial charge in [0.15, 0.2) is 10.8 Å². The second kappa shape index (κ2) is 4.82. The van der Waals surface area contributed by atoms with Gasteiger partial charge in [0, 0.05) is 25.7 Å². The number of nitrogens with zero attached hydrogens (tertiary/aromatic N) is 4. The molecule has 3 heterocycles. The van der Waals surface area contributed by atoms with Gasteiger partial charge in [0.1, 0.15) is 11.3 Å². The molecule has 96 valence electrons. The number of hydrogen-bond acceptors (Lipinski definition) is 4. The number of rotatable bonds is 2. The Morgan fingerprint density at radius 3 is 2.89 bits per heavy atom. The van der Waals surface area contributed by atoms with Crippen molar-refractivity contribution in [1.29, 1.82) is 0 Å². The number of hydrogen-bond donors (Lipinski definition) is 0. The first kappa shape index (κ1) is 11.9. The first-order valence-electron chi connectivity index (χ1n) is 6.26. The average molecular weight is 267 g/mol. The van der Waals surface area contributed by atoms with Crippen molar-refractivity contribution in [3.05, 3.63) is 17.3 Å². The van der Waals surface area contributed by atoms with E-state index in [-0.39, 0.29) is 0 Å². The summed E-state index contributed by atoms with van der Waals surface area (Å²) in [5.41, 5.74) is 1.54. The van der Waals surface area contributed by atoms with Crippen LogP contribution in [0.1, 0.15) is 31.6 Å². The van der Waals surface area contributed by atoms with Crippen LogP contribution >= 0.6 is 11.6 Å². The van der Waals surface area contributed by atoms with Gasteiger partial charge in [-0.15, -0.1) is 0 Å². The Labute approximate surface area is 110 Å². The number of halogens is 1. The number of aryl methyl sites for hydroxylation is 1. The van der Waals surface area contributed by atoms with Gasteiger partial charge in [-0.25, -0.2) is 15.0 Å². The molecule has 0 aliphatic carbocycles. The molecule has 0 N–H and O–H groups in total. The summed E-state index contributed by atoms with van der Waals surface area (Å²) >= 11 is 6.14. The predicted octanol–water partition coefficient (Wildman–Crippen LogP) is 2.39. The van der Waals surface area contributed by atoms with E-state index in [1.54, 1.807) is 0 Å². The third-order valence-electron chi connectivity index (χ3n) is 3.33. The summed E-state index contributed by atoms with van der Waals surface area (Å²) in [5.74, 6) is 0.765. The van der Waals surface area contributed by atoms with Gasteiger partial charge in [-0.05, 0) is 12.8 Å². The van der Waals surface area contributed by atoms with Gasteiger partial charge in [-0.1, -0.05) is 18.5 Å². The summed E-state index contributed by atoms with van der Waals surface area (Å²) in [6.07, 6.45) is 4.58. The average Bonchev–Trinajstić information content (AvgIpc) is 2.84. The van der Waals surface area contributed by atoms with Gasteiger partial charge >= 0.3 is 0 Å². The van der Waals surface area contributed by atoms with Crippen LogP contribution in [-0.4, -0.2) is 32.7 Å². The van der Waals surface area contributed by atoms with E-state index < -0.39 is 0 Å². The molecular formula is C12H15ClN4O. The van der Waals surface area contributed by atoms with Crippen molar-refractivity contribution in [1.82, 2.24) is 19.5 Å². The number of imidazole rings is 1. The fraction of sp³-hybridized carbons (Fsp3) is 0.583. The van der Waals surface area contributed by atoms with E-state index in [2.05, 4.69) is 19.5 Å². The second-order valence-electron chi connectivity index (χ2n) is 4.45. The lowest BCUT2D eigenvalue weighted by Gasteiger charge is -2.23. The highest BCUT2D eigenvalue weighted by Gasteiger charge is 2.20. The zero-order valence-corrected chi connectivity index (χ0v) is 11.0. The molecule has 2 aromatic heterocycles. The highest BCUT2D eigenvalue weighted by molar-refractivity contribution is 6.33. The molecule has 0 bridgehead atoms. The summed E-state index contributed by atoms with van der Waals surface area (Å²) in [5, 5.41) is 0.447. The lowest BCUT2D eigenvalue weighted by atomic mass is 10.1. The number of aromatic nitrogens is 4. The van der Waals surface area contributed by atoms with Crippen LogP contribution in [0.15, 0.2) is 6.33 Å². The highest BCUT2D eigenvalue weighted by Crippen LogP contribution is 2.26. The van der Waals surface area contributed by atoms with Gasteiger partial charge in [0.05, 0.1) is 6.33 Å². The maximum Gasteiger partial charge on any atom is 0.165 e. The molecule has 0 spiro atoms. The van der Waals surface area contributed by atoms with Gasteiger partial charge in [0.25, 0.3) is 0 Å². The van der Waals surface area contributed by atoms with Gasteiger partial charge in [-0.3, -0.25) is 0 Å². The molecule has 1 aliphatic rings. The zero-order chi connectivity index (χ0) is 12.5. The van der Waals surface area contributed by atoms with Crippen molar-refractivity contribution in [3.63, 3.8) is 0 Å². The van der Waals surface area contributed by atoms with Crippen LogP contribution in [0.3, 0.4) is 0 Å². The Hall–Kier alpha value is -1.20. The first-order valence-corrected chi connectivity index (χ1v) is 6.64. The van der Waals surface area contributed by atoms with Crippen LogP contribution in [-0.2, 0) is 11.2 Å². The SMILES string of the molecule is CCc1nc(Cl)c2ncn(C3CCOCC3)c2n1. The Balaban J connectivity index is 2.09. The van der Waals surface area contributed by atoms with Crippen LogP contribution in [0.4, 0.5) is 0 Å². The molecule has 18 heavy (non-hydrogen) atoms. The monoisotopic (exact) mass is 266 g/mol. The predicted molar refractivity (Wildman–Crippen MR) is 68.8 cm³/mol. The molecule has 1 aliphatic heterocycles. The smallest absolute Gasteiger partial charge is 0.165 e. The van der Waals surface area contributed by atoms with Crippen LogP contribution in [0.2, 0.25) is 5.15 Å². The summed E-state index contributed by atoms with van der Waals surface area (Å²) < 4.78 is 7.50. The molecule has 1 saturated heterocycles. The number of ether oxygens (including phenoxy) is 1. The van der Waals surface area contributed by atoms with E-state index in [4.69, 9.17) is 16.3 Å². The molecule has 6 heteroatoms. The van der Waals surface area contributed by atoms with Gasteiger partial charge < -0.3 is 9.30 Å². The van der Waals surface area contributed by atoms with Crippen LogP contribution < -0.4 is 0 Å². The third-order valence-corrected chi connectivity index (χ3v) is 3.59. The molecule has 1 fully saturated rings. The minimum Gasteiger partial charge on any atom is -0.381 e. The minimum absolute atomic E-state index is 0.402. The molecule has 5 nitrogen and oxygen atoms in total. The van der Waals surface area contributed by atoms with Crippen LogP contribution in [0.25, 0.3) is 11.2 Å². The Morgan fingerprint density at radius 1 is 1.39 bits per heavy atom. The largest absolute Gasteiger partial charge is 0.381 e. The zero-order valence-electron chi connectivity index (χ0n) is 10.3. The van der Waals surface area contributed by atoms with E-state index in [9.17, 15) is 0 Å². The third kappa shape index (κ3) is 1.97. The molecule has 0 unspecified atom stereocenters. The topological polar surface area (TPSA) is 52.8 Å². The standard InChI is InChI=1S/C12H15ClN4O/c1-2-9-15-11(13)10-12(16-9)17(7-14-10)8-3-5-18-6-4-8/h7-8H,2-6H2,1H3. The molecule has 0 radical (unpaired) electrons. The second-order valence-corrected chi connectivity index (χ2v) is 4.81. The van der Waals surface area contributed by atoms with Gasteiger partial charge in [0.2, 0.25) is 0 Å². The first-order chi connectivity index (χ1) is 8.79. The van der Waals surface area contributed by atoms with E-state index >= 15 is 0 Å². The van der Waals surface area contributed by atoms with E-state index in [1.165, 1.54) is 0 Å². The summed E-state index contributed by atoms with van der Waals surface area (Å²) in [7, 11) is 0. The quantitative estimate of drug-likeness (QED) is 0.783. The Kier molecular flexibility index (Phi) is 3.18. The molecule has 0 atom stereocenters. The van der Waals surface area contributed by atoms with Crippen molar-refractivity contribution in [2.75, 3.05) is 13.2 Å². The molecule has 0 saturated carbocycles. The van der Waals surface area contributed by atoms with Crippen LogP contribution in [0, 0.1) is 0 Å². The summed E-state index contributed by atoms with van der Waals surface area (Å²) in [6, 6.07) is 0.402. The normalized spacial score (nSPS) is 17.4. The molecular weight excluding hydrogens is 252 g/mol. The summed E-state index contributed by atoms with van der Waals surface area (Å²) in [6.45, 7) is 3.61. The van der Waals surface area contributed by atoms with Crippen molar-refractivity contribution in [3.8, 4) is 0 Å². The highest BCUT2D eigenvalue weighted by atomic mass is 35.5. The Morgan fingerprint density at radius 2 is 2.17 bits per heavy atom. The lowest BCUT2D eigenvalue weighted by molar-refractivity contribution is 0.0704. The van der Waals surface area contributed by atoms with E-state index in [1.807, 2.05) is 13.3 Å². The number of fused-ring (bicyclic) bond motifs is 1. The fourth-order valence-electron chi connectivity index (χ4n) is 2.31. The van der Waals surface area contributed by atoms with Crippen molar-refractivity contribution in [2.24, 2.45) is 0 Å². The molecule has 3 rings (SSSR count). The lowest BCUT2D eigenvalue weighted by Crippen LogP contribution is -2.19. The molecule has 0 aromatic carbocycles. The summed E-state index contributed by atoms with van der Waals surface area (Å²) in [4.78, 5) is 13.1. The maximum absolute atomic E-state index is 6.14. The maximum atomic E-state index is 6.14. The van der Waals surface area contributed by atoms with E-state index in [0.29, 0.717) is 16.7 Å². The van der Waals surface area contributed by atoms with Crippen LogP contribution in [0.5, 0.6) is 0 Å². The van der Waals surface area contributed by atoms with Crippen molar-refractivity contribution < 1.29 is 4.74 Å². The van der Waals surface area contributed by atoms with E-state index in [0.717, 1.165) is 43.9 Å². The van der Waals surface area contributed by atoms with Crippen molar-refractivity contribution in [2.45, 2.75) is 32.2 Å². The Bertz CT molecular complexity index is 562. The van der Waals surface area contributed by atoms with Gasteiger partial charge in [-0.2, -0.15) is 0 Å². The fourth-order valence-corrected chi connectivity index (χ4v) is 2.54. The minimum atomic E-state index is 0.402. The molecule has 2 aromatic rings.